The van der Waals surface area contributed by atoms with Crippen molar-refractivity contribution in [1.82, 2.24) is 10.3 Å². The van der Waals surface area contributed by atoms with Crippen LogP contribution < -0.4 is 10.6 Å². The number of pyridine rings is 1. The third-order valence-corrected chi connectivity index (χ3v) is 4.20. The molecule has 1 saturated carbocycles. The highest BCUT2D eigenvalue weighted by Crippen LogP contribution is 2.31. The Hall–Kier alpha value is -2.11. The topological polar surface area (TPSA) is 91.3 Å². The second-order valence-electron chi connectivity index (χ2n) is 5.73. The van der Waals surface area contributed by atoms with Gasteiger partial charge >= 0.3 is 12.0 Å². The molecule has 0 radical (unpaired) electrons. The number of anilines is 1. The molecule has 6 nitrogen and oxygen atoms in total. The van der Waals surface area contributed by atoms with Crippen molar-refractivity contribution in [3.8, 4) is 0 Å². The number of hydrogen-bond acceptors (Lipinski definition) is 3. The number of aromatic nitrogens is 1. The molecular weight excluding hydrogens is 270 g/mol. The number of rotatable bonds is 4. The number of urea groups is 1. The van der Waals surface area contributed by atoms with Crippen molar-refractivity contribution in [3.05, 3.63) is 24.0 Å². The maximum atomic E-state index is 11.9. The molecule has 0 spiro atoms. The summed E-state index contributed by atoms with van der Waals surface area (Å²) in [4.78, 5) is 26.5. The van der Waals surface area contributed by atoms with Gasteiger partial charge in [0, 0.05) is 6.04 Å². The molecule has 114 valence electrons. The van der Waals surface area contributed by atoms with E-state index in [2.05, 4.69) is 29.5 Å². The van der Waals surface area contributed by atoms with Crippen LogP contribution in [0.4, 0.5) is 10.5 Å². The fraction of sp³-hybridized carbons (Fsp3) is 0.533. The van der Waals surface area contributed by atoms with Crippen molar-refractivity contribution in [2.45, 2.75) is 39.2 Å². The van der Waals surface area contributed by atoms with Gasteiger partial charge in [-0.2, -0.15) is 0 Å². The Morgan fingerprint density at radius 3 is 2.62 bits per heavy atom. The highest BCUT2D eigenvalue weighted by atomic mass is 16.4. The van der Waals surface area contributed by atoms with Gasteiger partial charge in [-0.05, 0) is 36.8 Å². The van der Waals surface area contributed by atoms with Gasteiger partial charge in [0.1, 0.15) is 0 Å². The quantitative estimate of drug-likeness (QED) is 0.793. The van der Waals surface area contributed by atoms with Crippen molar-refractivity contribution in [1.29, 1.82) is 0 Å². The zero-order valence-corrected chi connectivity index (χ0v) is 12.3. The second-order valence-corrected chi connectivity index (χ2v) is 5.73. The Bertz CT molecular complexity index is 515. The minimum Gasteiger partial charge on any atom is -0.481 e. The van der Waals surface area contributed by atoms with Gasteiger partial charge in [-0.1, -0.05) is 13.8 Å². The molecule has 2 amide bonds. The van der Waals surface area contributed by atoms with E-state index in [0.717, 1.165) is 12.8 Å². The molecule has 0 aromatic carbocycles. The number of carboxylic acids is 1. The average Bonchev–Trinajstić information content (AvgIpc) is 2.72. The predicted molar refractivity (Wildman–Crippen MR) is 79.1 cm³/mol. The van der Waals surface area contributed by atoms with Crippen LogP contribution in [0.15, 0.2) is 18.3 Å². The van der Waals surface area contributed by atoms with Gasteiger partial charge in [0.05, 0.1) is 24.0 Å². The predicted octanol–water partition coefficient (Wildman–Crippen LogP) is 2.26. The van der Waals surface area contributed by atoms with Crippen LogP contribution in [-0.4, -0.2) is 28.1 Å². The highest BCUT2D eigenvalue weighted by Gasteiger charge is 2.30. The van der Waals surface area contributed by atoms with E-state index in [1.165, 1.54) is 6.20 Å². The van der Waals surface area contributed by atoms with Crippen molar-refractivity contribution in [2.24, 2.45) is 11.8 Å². The standard InChI is InChI=1S/C15H21N3O3/c1-9-3-6-13(10(9)2)18-15(21)17-12-5-4-11(16-8-12)7-14(19)20/h4-5,8-10,13H,3,6-7H2,1-2H3,(H,19,20)(H2,17,18,21). The van der Waals surface area contributed by atoms with E-state index in [-0.39, 0.29) is 18.5 Å². The van der Waals surface area contributed by atoms with E-state index < -0.39 is 5.97 Å². The van der Waals surface area contributed by atoms with E-state index in [0.29, 0.717) is 23.2 Å². The van der Waals surface area contributed by atoms with Crippen LogP contribution in [0.1, 0.15) is 32.4 Å². The summed E-state index contributed by atoms with van der Waals surface area (Å²) in [5, 5.41) is 14.4. The lowest BCUT2D eigenvalue weighted by molar-refractivity contribution is -0.136. The zero-order chi connectivity index (χ0) is 15.4. The summed E-state index contributed by atoms with van der Waals surface area (Å²) in [6.45, 7) is 4.36. The Morgan fingerprint density at radius 1 is 1.33 bits per heavy atom. The Labute approximate surface area is 124 Å². The average molecular weight is 291 g/mol. The third kappa shape index (κ3) is 4.18. The zero-order valence-electron chi connectivity index (χ0n) is 12.3. The van der Waals surface area contributed by atoms with E-state index in [9.17, 15) is 9.59 Å². The molecule has 3 atom stereocenters. The number of carbonyl (C=O) groups is 2. The van der Waals surface area contributed by atoms with Gasteiger partial charge in [-0.25, -0.2) is 4.79 Å². The lowest BCUT2D eigenvalue weighted by Gasteiger charge is -2.19. The molecule has 2 rings (SSSR count). The van der Waals surface area contributed by atoms with Crippen LogP contribution in [-0.2, 0) is 11.2 Å². The van der Waals surface area contributed by atoms with Crippen LogP contribution in [0.5, 0.6) is 0 Å². The number of amides is 2. The molecule has 3 unspecified atom stereocenters. The number of carboxylic acid groups (broad SMARTS) is 1. The van der Waals surface area contributed by atoms with E-state index >= 15 is 0 Å². The Kier molecular flexibility index (Phi) is 4.77. The van der Waals surface area contributed by atoms with Crippen LogP contribution in [0.2, 0.25) is 0 Å². The SMILES string of the molecule is CC1CCC(NC(=O)Nc2ccc(CC(=O)O)nc2)C1C. The summed E-state index contributed by atoms with van der Waals surface area (Å²) in [5.74, 6) is 0.185. The van der Waals surface area contributed by atoms with Crippen LogP contribution in [0, 0.1) is 11.8 Å². The second kappa shape index (κ2) is 6.56. The first-order valence-corrected chi connectivity index (χ1v) is 7.20. The molecule has 1 aliphatic rings. The molecule has 1 aliphatic carbocycles. The van der Waals surface area contributed by atoms with Crippen LogP contribution in [0.3, 0.4) is 0 Å². The molecule has 1 fully saturated rings. The first-order valence-electron chi connectivity index (χ1n) is 7.20. The molecule has 6 heteroatoms. The summed E-state index contributed by atoms with van der Waals surface area (Å²) in [6.07, 6.45) is 3.49. The third-order valence-electron chi connectivity index (χ3n) is 4.20. The van der Waals surface area contributed by atoms with Crippen molar-refractivity contribution < 1.29 is 14.7 Å². The lowest BCUT2D eigenvalue weighted by atomic mass is 9.98. The number of nitrogens with zero attached hydrogens (tertiary/aromatic N) is 1. The summed E-state index contributed by atoms with van der Waals surface area (Å²) in [6, 6.07) is 3.23. The molecule has 0 saturated heterocycles. The molecule has 0 aliphatic heterocycles. The van der Waals surface area contributed by atoms with Gasteiger partial charge in [-0.3, -0.25) is 9.78 Å². The minimum atomic E-state index is -0.926. The maximum absolute atomic E-state index is 11.9. The monoisotopic (exact) mass is 291 g/mol. The summed E-state index contributed by atoms with van der Waals surface area (Å²) in [7, 11) is 0. The maximum Gasteiger partial charge on any atom is 0.319 e. The first-order chi connectivity index (χ1) is 9.95. The fourth-order valence-electron chi connectivity index (χ4n) is 2.66. The van der Waals surface area contributed by atoms with Gasteiger partial charge in [0.15, 0.2) is 0 Å². The molecule has 3 N–H and O–H groups in total. The molecule has 0 bridgehead atoms. The Morgan fingerprint density at radius 2 is 2.10 bits per heavy atom. The fourth-order valence-corrected chi connectivity index (χ4v) is 2.66. The lowest BCUT2D eigenvalue weighted by Crippen LogP contribution is -2.40. The minimum absolute atomic E-state index is 0.121. The van der Waals surface area contributed by atoms with Crippen molar-refractivity contribution in [3.63, 3.8) is 0 Å². The molecule has 1 aromatic heterocycles. The summed E-state index contributed by atoms with van der Waals surface area (Å²) < 4.78 is 0. The largest absolute Gasteiger partial charge is 0.481 e. The Balaban J connectivity index is 1.86. The number of hydrogen-bond donors (Lipinski definition) is 3. The number of aliphatic carboxylic acids is 1. The van der Waals surface area contributed by atoms with Crippen molar-refractivity contribution >= 4 is 17.7 Å². The molecule has 21 heavy (non-hydrogen) atoms. The summed E-state index contributed by atoms with van der Waals surface area (Å²) >= 11 is 0. The van der Waals surface area contributed by atoms with Crippen molar-refractivity contribution in [2.75, 3.05) is 5.32 Å². The van der Waals surface area contributed by atoms with E-state index in [1.54, 1.807) is 12.1 Å². The highest BCUT2D eigenvalue weighted by molar-refractivity contribution is 5.89. The van der Waals surface area contributed by atoms with Gasteiger partial charge < -0.3 is 15.7 Å². The molecule has 1 aromatic rings. The van der Waals surface area contributed by atoms with E-state index in [4.69, 9.17) is 5.11 Å². The number of nitrogens with one attached hydrogen (secondary N) is 2. The first kappa shape index (κ1) is 15.3. The van der Waals surface area contributed by atoms with Gasteiger partial charge in [-0.15, -0.1) is 0 Å². The molecule has 1 heterocycles. The smallest absolute Gasteiger partial charge is 0.319 e. The van der Waals surface area contributed by atoms with Crippen LogP contribution >= 0.6 is 0 Å². The number of carbonyl (C=O) groups excluding carboxylic acids is 1. The van der Waals surface area contributed by atoms with E-state index in [1.807, 2.05) is 0 Å². The van der Waals surface area contributed by atoms with Gasteiger partial charge in [0.25, 0.3) is 0 Å². The van der Waals surface area contributed by atoms with Gasteiger partial charge in [0.2, 0.25) is 0 Å². The molecular formula is C15H21N3O3. The summed E-state index contributed by atoms with van der Waals surface area (Å²) in [5.41, 5.74) is 1.02. The van der Waals surface area contributed by atoms with Crippen LogP contribution in [0.25, 0.3) is 0 Å². The normalized spacial score (nSPS) is 24.6.